The summed E-state index contributed by atoms with van der Waals surface area (Å²) in [5, 5.41) is 2.72. The second-order valence-electron chi connectivity index (χ2n) is 5.21. The lowest BCUT2D eigenvalue weighted by Crippen LogP contribution is -2.48. The maximum Gasteiger partial charge on any atom is 0.422 e. The van der Waals surface area contributed by atoms with Crippen molar-refractivity contribution in [2.45, 2.75) is 44.4 Å². The fourth-order valence-corrected chi connectivity index (χ4v) is 2.19. The molecule has 1 fully saturated rings. The van der Waals surface area contributed by atoms with E-state index in [2.05, 4.69) is 10.1 Å². The molecule has 1 saturated heterocycles. The largest absolute Gasteiger partial charge is 0.440 e. The van der Waals surface area contributed by atoms with Crippen molar-refractivity contribution >= 4 is 12.0 Å². The number of amides is 2. The van der Waals surface area contributed by atoms with E-state index in [0.717, 1.165) is 4.90 Å². The lowest BCUT2D eigenvalue weighted by molar-refractivity contribution is -0.162. The highest BCUT2D eigenvalue weighted by Crippen LogP contribution is 2.21. The molecule has 22 heavy (non-hydrogen) atoms. The minimum Gasteiger partial charge on any atom is -0.440 e. The molecule has 2 atom stereocenters. The zero-order chi connectivity index (χ0) is 16.8. The molecule has 0 saturated carbocycles. The lowest BCUT2D eigenvalue weighted by Gasteiger charge is -2.25. The minimum absolute atomic E-state index is 0.152. The molecule has 1 N–H and O–H groups in total. The highest BCUT2D eigenvalue weighted by molar-refractivity contribution is 5.86. The van der Waals surface area contributed by atoms with E-state index >= 15 is 0 Å². The van der Waals surface area contributed by atoms with Gasteiger partial charge in [-0.25, -0.2) is 4.79 Å². The summed E-state index contributed by atoms with van der Waals surface area (Å²) in [6.07, 6.45) is -4.13. The van der Waals surface area contributed by atoms with Crippen LogP contribution < -0.4 is 5.32 Å². The van der Waals surface area contributed by atoms with E-state index in [-0.39, 0.29) is 18.5 Å². The van der Waals surface area contributed by atoms with Gasteiger partial charge in [0, 0.05) is 26.3 Å². The SMILES string of the molecule is COCCC(C)NC(=O)C1CCCN1C(=O)OCC(F)(F)F. The number of alkyl halides is 3. The van der Waals surface area contributed by atoms with E-state index in [1.165, 1.54) is 0 Å². The molecule has 0 aromatic rings. The summed E-state index contributed by atoms with van der Waals surface area (Å²) in [5.41, 5.74) is 0. The maximum absolute atomic E-state index is 12.1. The third-order valence-electron chi connectivity index (χ3n) is 3.29. The van der Waals surface area contributed by atoms with Gasteiger partial charge in [-0.15, -0.1) is 0 Å². The van der Waals surface area contributed by atoms with Crippen molar-refractivity contribution in [1.82, 2.24) is 10.2 Å². The van der Waals surface area contributed by atoms with Gasteiger partial charge in [0.25, 0.3) is 0 Å². The minimum atomic E-state index is -4.58. The Labute approximate surface area is 126 Å². The molecule has 9 heteroatoms. The zero-order valence-electron chi connectivity index (χ0n) is 12.6. The standard InChI is InChI=1S/C13H21F3N2O4/c1-9(5-7-21-2)17-11(19)10-4-3-6-18(10)12(20)22-8-13(14,15)16/h9-10H,3-8H2,1-2H3,(H,17,19). The number of carbonyl (C=O) groups is 2. The van der Waals surface area contributed by atoms with Gasteiger partial charge in [-0.05, 0) is 26.2 Å². The van der Waals surface area contributed by atoms with E-state index < -0.39 is 24.9 Å². The van der Waals surface area contributed by atoms with E-state index in [1.807, 2.05) is 0 Å². The third kappa shape index (κ3) is 6.08. The second kappa shape index (κ2) is 8.21. The highest BCUT2D eigenvalue weighted by Gasteiger charge is 2.37. The van der Waals surface area contributed by atoms with Crippen molar-refractivity contribution in [3.8, 4) is 0 Å². The van der Waals surface area contributed by atoms with Crippen molar-refractivity contribution in [3.05, 3.63) is 0 Å². The molecular formula is C13H21F3N2O4. The van der Waals surface area contributed by atoms with Crippen LogP contribution in [0.15, 0.2) is 0 Å². The van der Waals surface area contributed by atoms with Crippen LogP contribution in [0, 0.1) is 0 Å². The van der Waals surface area contributed by atoms with Gasteiger partial charge >= 0.3 is 12.3 Å². The molecular weight excluding hydrogens is 305 g/mol. The summed E-state index contributed by atoms with van der Waals surface area (Å²) in [6, 6.07) is -0.938. The first-order valence-electron chi connectivity index (χ1n) is 7.04. The van der Waals surface area contributed by atoms with E-state index in [9.17, 15) is 22.8 Å². The predicted molar refractivity (Wildman–Crippen MR) is 71.2 cm³/mol. The van der Waals surface area contributed by atoms with Crippen LogP contribution in [0.1, 0.15) is 26.2 Å². The Morgan fingerprint density at radius 2 is 2.09 bits per heavy atom. The fraction of sp³-hybridized carbons (Fsp3) is 0.846. The Bertz CT molecular complexity index is 390. The van der Waals surface area contributed by atoms with Gasteiger partial charge in [0.15, 0.2) is 6.61 Å². The Morgan fingerprint density at radius 3 is 2.68 bits per heavy atom. The molecule has 1 rings (SSSR count). The number of methoxy groups -OCH3 is 1. The van der Waals surface area contributed by atoms with E-state index in [0.29, 0.717) is 25.9 Å². The smallest absolute Gasteiger partial charge is 0.422 e. The number of hydrogen-bond donors (Lipinski definition) is 1. The number of halogens is 3. The molecule has 1 aliphatic heterocycles. The first-order chi connectivity index (χ1) is 10.2. The molecule has 0 aromatic carbocycles. The van der Waals surface area contributed by atoms with Crippen molar-refractivity contribution < 1.29 is 32.2 Å². The monoisotopic (exact) mass is 326 g/mol. The normalized spacial score (nSPS) is 19.9. The van der Waals surface area contributed by atoms with Crippen LogP contribution >= 0.6 is 0 Å². The average molecular weight is 326 g/mol. The third-order valence-corrected chi connectivity index (χ3v) is 3.29. The van der Waals surface area contributed by atoms with Crippen LogP contribution in [0.3, 0.4) is 0 Å². The summed E-state index contributed by atoms with van der Waals surface area (Å²) in [7, 11) is 1.55. The lowest BCUT2D eigenvalue weighted by atomic mass is 10.2. The van der Waals surface area contributed by atoms with E-state index in [1.54, 1.807) is 14.0 Å². The number of rotatable bonds is 6. The van der Waals surface area contributed by atoms with Crippen LogP contribution in [0.25, 0.3) is 0 Å². The Kier molecular flexibility index (Phi) is 6.92. The van der Waals surface area contributed by atoms with Crippen LogP contribution in [-0.4, -0.2) is 62.0 Å². The molecule has 128 valence electrons. The Balaban J connectivity index is 2.51. The van der Waals surface area contributed by atoms with Gasteiger partial charge in [0.05, 0.1) is 0 Å². The molecule has 0 aliphatic carbocycles. The number of likely N-dealkylation sites (tertiary alicyclic amines) is 1. The fourth-order valence-electron chi connectivity index (χ4n) is 2.19. The van der Waals surface area contributed by atoms with Crippen LogP contribution in [0.2, 0.25) is 0 Å². The summed E-state index contributed by atoms with van der Waals surface area (Å²) in [6.45, 7) is 0.823. The molecule has 1 heterocycles. The average Bonchev–Trinajstić information content (AvgIpc) is 2.91. The quantitative estimate of drug-likeness (QED) is 0.806. The zero-order valence-corrected chi connectivity index (χ0v) is 12.6. The van der Waals surface area contributed by atoms with Crippen LogP contribution in [-0.2, 0) is 14.3 Å². The number of nitrogens with zero attached hydrogens (tertiary/aromatic N) is 1. The predicted octanol–water partition coefficient (Wildman–Crippen LogP) is 1.69. The number of hydrogen-bond acceptors (Lipinski definition) is 4. The maximum atomic E-state index is 12.1. The van der Waals surface area contributed by atoms with Gasteiger partial charge in [0.2, 0.25) is 5.91 Å². The number of ether oxygens (including phenoxy) is 2. The number of carbonyl (C=O) groups excluding carboxylic acids is 2. The van der Waals surface area contributed by atoms with Crippen molar-refractivity contribution in [2.24, 2.45) is 0 Å². The molecule has 0 spiro atoms. The van der Waals surface area contributed by atoms with Crippen LogP contribution in [0.5, 0.6) is 0 Å². The molecule has 0 bridgehead atoms. The molecule has 1 aliphatic rings. The van der Waals surface area contributed by atoms with Gasteiger partial charge in [-0.2, -0.15) is 13.2 Å². The highest BCUT2D eigenvalue weighted by atomic mass is 19.4. The summed E-state index contributed by atoms with van der Waals surface area (Å²) in [4.78, 5) is 24.8. The Morgan fingerprint density at radius 1 is 1.41 bits per heavy atom. The van der Waals surface area contributed by atoms with Crippen molar-refractivity contribution in [2.75, 3.05) is 26.9 Å². The summed E-state index contributed by atoms with van der Waals surface area (Å²) in [5.74, 6) is -0.384. The molecule has 0 aromatic heterocycles. The topological polar surface area (TPSA) is 67.9 Å². The number of nitrogens with one attached hydrogen (secondary N) is 1. The van der Waals surface area contributed by atoms with Crippen molar-refractivity contribution in [1.29, 1.82) is 0 Å². The first kappa shape index (κ1) is 18.5. The van der Waals surface area contributed by atoms with Crippen molar-refractivity contribution in [3.63, 3.8) is 0 Å². The van der Waals surface area contributed by atoms with Gasteiger partial charge in [-0.3, -0.25) is 9.69 Å². The molecule has 6 nitrogen and oxygen atoms in total. The van der Waals surface area contributed by atoms with Gasteiger partial charge in [-0.1, -0.05) is 0 Å². The second-order valence-corrected chi connectivity index (χ2v) is 5.21. The molecule has 0 radical (unpaired) electrons. The summed E-state index contributed by atoms with van der Waals surface area (Å²) >= 11 is 0. The summed E-state index contributed by atoms with van der Waals surface area (Å²) < 4.78 is 45.3. The van der Waals surface area contributed by atoms with Gasteiger partial charge in [0.1, 0.15) is 6.04 Å². The Hall–Kier alpha value is -1.51. The van der Waals surface area contributed by atoms with Crippen LogP contribution in [0.4, 0.5) is 18.0 Å². The molecule has 2 unspecified atom stereocenters. The first-order valence-corrected chi connectivity index (χ1v) is 7.04. The molecule has 2 amide bonds. The van der Waals surface area contributed by atoms with Gasteiger partial charge < -0.3 is 14.8 Å². The van der Waals surface area contributed by atoms with E-state index in [4.69, 9.17) is 4.74 Å².